The molecule has 8 heteroatoms. The first-order valence-corrected chi connectivity index (χ1v) is 9.92. The van der Waals surface area contributed by atoms with Crippen LogP contribution in [0.5, 0.6) is 0 Å². The zero-order valence-corrected chi connectivity index (χ0v) is 20.0. The van der Waals surface area contributed by atoms with Gasteiger partial charge in [-0.25, -0.2) is 4.98 Å². The molecule has 0 bridgehead atoms. The van der Waals surface area contributed by atoms with Crippen LogP contribution in [0.15, 0.2) is 47.6 Å². The SMILES string of the molecule is CCCCNC(=O)c1ccc(CNC(=NC)NCCc2ccc(Cl)nc2)cc1.I. The fourth-order valence-corrected chi connectivity index (χ4v) is 2.65. The predicted molar refractivity (Wildman–Crippen MR) is 130 cm³/mol. The number of aromatic nitrogens is 1. The quantitative estimate of drug-likeness (QED) is 0.152. The number of carbonyl (C=O) groups is 1. The number of unbranched alkanes of at least 4 members (excludes halogenated alkanes) is 1. The van der Waals surface area contributed by atoms with Gasteiger partial charge in [0.2, 0.25) is 0 Å². The first kappa shape index (κ1) is 25.2. The van der Waals surface area contributed by atoms with Gasteiger partial charge in [-0.05, 0) is 42.2 Å². The first-order chi connectivity index (χ1) is 13.6. The Labute approximate surface area is 195 Å². The van der Waals surface area contributed by atoms with Crippen molar-refractivity contribution in [2.75, 3.05) is 20.1 Å². The molecule has 0 aliphatic carbocycles. The standard InChI is InChI=1S/C21H28ClN5O.HI/c1-3-4-12-24-20(28)18-8-5-16(6-9-18)15-27-21(23-2)25-13-11-17-7-10-19(22)26-14-17;/h5-10,14H,3-4,11-13,15H2,1-2H3,(H,24,28)(H2,23,25,27);1H. The van der Waals surface area contributed by atoms with E-state index >= 15 is 0 Å². The number of guanidine groups is 1. The summed E-state index contributed by atoms with van der Waals surface area (Å²) in [6.45, 7) is 4.18. The highest BCUT2D eigenvalue weighted by atomic mass is 127. The lowest BCUT2D eigenvalue weighted by atomic mass is 10.1. The van der Waals surface area contributed by atoms with Crippen LogP contribution >= 0.6 is 35.6 Å². The number of benzene rings is 1. The number of rotatable bonds is 9. The van der Waals surface area contributed by atoms with Crippen LogP contribution < -0.4 is 16.0 Å². The van der Waals surface area contributed by atoms with Gasteiger partial charge in [0, 0.05) is 38.4 Å². The van der Waals surface area contributed by atoms with Gasteiger partial charge in [-0.1, -0.05) is 43.1 Å². The zero-order chi connectivity index (χ0) is 20.2. The van der Waals surface area contributed by atoms with E-state index in [1.165, 1.54) is 0 Å². The Kier molecular flexibility index (Phi) is 12.3. The van der Waals surface area contributed by atoms with E-state index in [4.69, 9.17) is 11.6 Å². The zero-order valence-electron chi connectivity index (χ0n) is 16.9. The summed E-state index contributed by atoms with van der Waals surface area (Å²) in [4.78, 5) is 20.3. The molecule has 1 amide bonds. The summed E-state index contributed by atoms with van der Waals surface area (Å²) in [7, 11) is 1.74. The van der Waals surface area contributed by atoms with Crippen LogP contribution in [-0.2, 0) is 13.0 Å². The number of aliphatic imine (C=N–C) groups is 1. The molecule has 0 unspecified atom stereocenters. The van der Waals surface area contributed by atoms with Crippen molar-refractivity contribution in [3.8, 4) is 0 Å². The summed E-state index contributed by atoms with van der Waals surface area (Å²) in [5.41, 5.74) is 2.87. The molecular weight excluding hydrogens is 501 g/mol. The number of nitrogens with zero attached hydrogens (tertiary/aromatic N) is 2. The van der Waals surface area contributed by atoms with E-state index in [0.717, 1.165) is 42.9 Å². The second-order valence-corrected chi connectivity index (χ2v) is 6.79. The molecule has 0 saturated heterocycles. The van der Waals surface area contributed by atoms with E-state index in [1.54, 1.807) is 19.3 Å². The Balaban J connectivity index is 0.00000420. The largest absolute Gasteiger partial charge is 0.356 e. The minimum atomic E-state index is -0.0258. The van der Waals surface area contributed by atoms with Crippen molar-refractivity contribution in [1.82, 2.24) is 20.9 Å². The minimum absolute atomic E-state index is 0. The lowest BCUT2D eigenvalue weighted by Crippen LogP contribution is -2.37. The number of amides is 1. The van der Waals surface area contributed by atoms with Crippen LogP contribution in [-0.4, -0.2) is 37.0 Å². The Hall–Kier alpha value is -1.87. The van der Waals surface area contributed by atoms with Crippen molar-refractivity contribution in [1.29, 1.82) is 0 Å². The number of hydrogen-bond acceptors (Lipinski definition) is 3. The fourth-order valence-electron chi connectivity index (χ4n) is 2.54. The van der Waals surface area contributed by atoms with E-state index < -0.39 is 0 Å². The molecule has 29 heavy (non-hydrogen) atoms. The van der Waals surface area contributed by atoms with Gasteiger partial charge in [-0.15, -0.1) is 24.0 Å². The first-order valence-electron chi connectivity index (χ1n) is 9.54. The summed E-state index contributed by atoms with van der Waals surface area (Å²) in [5.74, 6) is 0.699. The van der Waals surface area contributed by atoms with E-state index in [-0.39, 0.29) is 29.9 Å². The molecule has 0 saturated carbocycles. The normalized spacial score (nSPS) is 10.8. The summed E-state index contributed by atoms with van der Waals surface area (Å²) in [5, 5.41) is 9.97. The van der Waals surface area contributed by atoms with Gasteiger partial charge in [0.25, 0.3) is 5.91 Å². The molecule has 1 aromatic carbocycles. The predicted octanol–water partition coefficient (Wildman–Crippen LogP) is 3.79. The number of carbonyl (C=O) groups excluding carboxylic acids is 1. The van der Waals surface area contributed by atoms with Crippen molar-refractivity contribution in [2.45, 2.75) is 32.7 Å². The molecule has 2 rings (SSSR count). The van der Waals surface area contributed by atoms with E-state index in [9.17, 15) is 4.79 Å². The van der Waals surface area contributed by atoms with Crippen molar-refractivity contribution < 1.29 is 4.79 Å². The smallest absolute Gasteiger partial charge is 0.251 e. The average Bonchev–Trinajstić information content (AvgIpc) is 2.72. The van der Waals surface area contributed by atoms with Crippen molar-refractivity contribution in [2.24, 2.45) is 4.99 Å². The number of halogens is 2. The minimum Gasteiger partial charge on any atom is -0.356 e. The third kappa shape index (κ3) is 9.45. The lowest BCUT2D eigenvalue weighted by molar-refractivity contribution is 0.0953. The summed E-state index contributed by atoms with van der Waals surface area (Å²) >= 11 is 5.80. The van der Waals surface area contributed by atoms with Gasteiger partial charge in [0.1, 0.15) is 5.15 Å². The van der Waals surface area contributed by atoms with Crippen LogP contribution in [0.1, 0.15) is 41.3 Å². The van der Waals surface area contributed by atoms with E-state index in [2.05, 4.69) is 32.9 Å². The van der Waals surface area contributed by atoms with Crippen molar-refractivity contribution >= 4 is 47.4 Å². The Morgan fingerprint density at radius 1 is 1.03 bits per heavy atom. The molecule has 0 atom stereocenters. The average molecular weight is 530 g/mol. The number of nitrogens with one attached hydrogen (secondary N) is 3. The van der Waals surface area contributed by atoms with Crippen LogP contribution in [0.25, 0.3) is 0 Å². The van der Waals surface area contributed by atoms with E-state index in [1.807, 2.05) is 30.3 Å². The van der Waals surface area contributed by atoms with Gasteiger partial charge in [0.15, 0.2) is 5.96 Å². The Morgan fingerprint density at radius 3 is 2.38 bits per heavy atom. The summed E-state index contributed by atoms with van der Waals surface area (Å²) in [6, 6.07) is 11.4. The maximum atomic E-state index is 12.0. The van der Waals surface area contributed by atoms with Gasteiger partial charge in [0.05, 0.1) is 0 Å². The van der Waals surface area contributed by atoms with Gasteiger partial charge >= 0.3 is 0 Å². The molecule has 0 fully saturated rings. The molecule has 3 N–H and O–H groups in total. The third-order valence-electron chi connectivity index (χ3n) is 4.21. The second-order valence-electron chi connectivity index (χ2n) is 6.40. The van der Waals surface area contributed by atoms with Gasteiger partial charge in [-0.2, -0.15) is 0 Å². The molecule has 0 radical (unpaired) electrons. The van der Waals surface area contributed by atoms with Gasteiger partial charge < -0.3 is 16.0 Å². The molecule has 1 heterocycles. The Morgan fingerprint density at radius 2 is 1.76 bits per heavy atom. The topological polar surface area (TPSA) is 78.4 Å². The molecule has 0 aliphatic heterocycles. The molecule has 0 aliphatic rings. The maximum absolute atomic E-state index is 12.0. The monoisotopic (exact) mass is 529 g/mol. The summed E-state index contributed by atoms with van der Waals surface area (Å²) < 4.78 is 0. The van der Waals surface area contributed by atoms with E-state index in [0.29, 0.717) is 23.8 Å². The van der Waals surface area contributed by atoms with Crippen LogP contribution in [0.2, 0.25) is 5.15 Å². The molecular formula is C21H29ClIN5O. The number of hydrogen-bond donors (Lipinski definition) is 3. The highest BCUT2D eigenvalue weighted by Gasteiger charge is 2.05. The molecule has 0 spiro atoms. The number of pyridine rings is 1. The van der Waals surface area contributed by atoms with Crippen LogP contribution in [0.3, 0.4) is 0 Å². The lowest BCUT2D eigenvalue weighted by Gasteiger charge is -2.12. The molecule has 2 aromatic rings. The second kappa shape index (κ2) is 14.2. The highest BCUT2D eigenvalue weighted by molar-refractivity contribution is 14.0. The van der Waals surface area contributed by atoms with Crippen LogP contribution in [0, 0.1) is 0 Å². The van der Waals surface area contributed by atoms with Crippen molar-refractivity contribution in [3.05, 3.63) is 64.4 Å². The van der Waals surface area contributed by atoms with Crippen molar-refractivity contribution in [3.63, 3.8) is 0 Å². The Bertz CT molecular complexity index is 766. The molecule has 6 nitrogen and oxygen atoms in total. The van der Waals surface area contributed by atoms with Crippen LogP contribution in [0.4, 0.5) is 0 Å². The molecule has 158 valence electrons. The highest BCUT2D eigenvalue weighted by Crippen LogP contribution is 2.06. The third-order valence-corrected chi connectivity index (χ3v) is 4.43. The summed E-state index contributed by atoms with van der Waals surface area (Å²) in [6.07, 6.45) is 4.66. The molecule has 1 aromatic heterocycles. The fraction of sp³-hybridized carbons (Fsp3) is 0.381. The maximum Gasteiger partial charge on any atom is 0.251 e. The van der Waals surface area contributed by atoms with Gasteiger partial charge in [-0.3, -0.25) is 9.79 Å².